The Morgan fingerprint density at radius 3 is 2.44 bits per heavy atom. The van der Waals surface area contributed by atoms with Crippen LogP contribution in [-0.2, 0) is 20.9 Å². The average molecular weight is 371 g/mol. The quantitative estimate of drug-likeness (QED) is 0.796. The summed E-state index contributed by atoms with van der Waals surface area (Å²) in [5, 5.41) is 0. The zero-order valence-electron chi connectivity index (χ0n) is 16.3. The highest BCUT2D eigenvalue weighted by Crippen LogP contribution is 2.22. The third-order valence-corrected chi connectivity index (χ3v) is 5.82. The van der Waals surface area contributed by atoms with E-state index in [0.717, 1.165) is 31.2 Å². The SMILES string of the molecule is C[C@@H]1C(=O)N(Cc2ccccc2)CC(=O)N1CC(=O)N(C)C1CCCCC1. The van der Waals surface area contributed by atoms with Gasteiger partial charge in [0.25, 0.3) is 0 Å². The molecule has 6 heteroatoms. The van der Waals surface area contributed by atoms with Crippen molar-refractivity contribution in [1.82, 2.24) is 14.7 Å². The van der Waals surface area contributed by atoms with E-state index in [-0.39, 0.29) is 36.9 Å². The van der Waals surface area contributed by atoms with Gasteiger partial charge in [0.1, 0.15) is 19.1 Å². The molecular formula is C21H29N3O3. The van der Waals surface area contributed by atoms with E-state index in [9.17, 15) is 14.4 Å². The molecule has 1 aromatic rings. The number of carbonyl (C=O) groups excluding carboxylic acids is 3. The number of carbonyl (C=O) groups is 3. The Labute approximate surface area is 161 Å². The summed E-state index contributed by atoms with van der Waals surface area (Å²) in [4.78, 5) is 42.9. The minimum Gasteiger partial charge on any atom is -0.341 e. The van der Waals surface area contributed by atoms with E-state index < -0.39 is 6.04 Å². The molecule has 0 aromatic heterocycles. The van der Waals surface area contributed by atoms with Gasteiger partial charge in [-0.2, -0.15) is 0 Å². The molecule has 1 aliphatic heterocycles. The lowest BCUT2D eigenvalue weighted by Gasteiger charge is -2.40. The molecule has 1 saturated carbocycles. The Morgan fingerprint density at radius 1 is 1.11 bits per heavy atom. The van der Waals surface area contributed by atoms with E-state index in [2.05, 4.69) is 0 Å². The fraction of sp³-hybridized carbons (Fsp3) is 0.571. The topological polar surface area (TPSA) is 60.9 Å². The van der Waals surface area contributed by atoms with Crippen LogP contribution in [0, 0.1) is 0 Å². The number of rotatable bonds is 5. The lowest BCUT2D eigenvalue weighted by atomic mass is 9.94. The molecule has 2 fully saturated rings. The maximum absolute atomic E-state index is 12.7. The van der Waals surface area contributed by atoms with Crippen LogP contribution in [0.2, 0.25) is 0 Å². The number of likely N-dealkylation sites (N-methyl/N-ethyl adjacent to an activating group) is 1. The lowest BCUT2D eigenvalue weighted by Crippen LogP contribution is -2.60. The summed E-state index contributed by atoms with van der Waals surface area (Å²) in [5.41, 5.74) is 0.993. The molecule has 2 aliphatic rings. The van der Waals surface area contributed by atoms with Crippen molar-refractivity contribution in [2.24, 2.45) is 0 Å². The van der Waals surface area contributed by atoms with Gasteiger partial charge in [0, 0.05) is 19.6 Å². The van der Waals surface area contributed by atoms with E-state index in [1.807, 2.05) is 37.4 Å². The van der Waals surface area contributed by atoms with Crippen LogP contribution in [0.25, 0.3) is 0 Å². The Bertz CT molecular complexity index is 685. The van der Waals surface area contributed by atoms with Gasteiger partial charge in [-0.25, -0.2) is 0 Å². The normalized spacial score (nSPS) is 21.5. The molecule has 27 heavy (non-hydrogen) atoms. The van der Waals surface area contributed by atoms with Crippen LogP contribution in [0.1, 0.15) is 44.6 Å². The molecule has 0 N–H and O–H groups in total. The highest BCUT2D eigenvalue weighted by Gasteiger charge is 2.38. The van der Waals surface area contributed by atoms with E-state index in [4.69, 9.17) is 0 Å². The van der Waals surface area contributed by atoms with E-state index in [0.29, 0.717) is 6.54 Å². The molecule has 3 rings (SSSR count). The summed E-state index contributed by atoms with van der Waals surface area (Å²) in [6.07, 6.45) is 5.57. The average Bonchev–Trinajstić information content (AvgIpc) is 2.70. The predicted molar refractivity (Wildman–Crippen MR) is 103 cm³/mol. The zero-order chi connectivity index (χ0) is 19.4. The van der Waals surface area contributed by atoms with Crippen LogP contribution in [0.4, 0.5) is 0 Å². The molecule has 1 saturated heterocycles. The molecule has 0 bridgehead atoms. The molecule has 0 radical (unpaired) electrons. The Morgan fingerprint density at radius 2 is 1.78 bits per heavy atom. The minimum atomic E-state index is -0.612. The van der Waals surface area contributed by atoms with Gasteiger partial charge in [-0.3, -0.25) is 14.4 Å². The maximum Gasteiger partial charge on any atom is 0.245 e. The second-order valence-electron chi connectivity index (χ2n) is 7.67. The highest BCUT2D eigenvalue weighted by molar-refractivity contribution is 5.96. The van der Waals surface area contributed by atoms with Crippen LogP contribution >= 0.6 is 0 Å². The van der Waals surface area contributed by atoms with Gasteiger partial charge in [0.05, 0.1) is 0 Å². The van der Waals surface area contributed by atoms with Crippen molar-refractivity contribution < 1.29 is 14.4 Å². The van der Waals surface area contributed by atoms with Gasteiger partial charge in [-0.1, -0.05) is 49.6 Å². The van der Waals surface area contributed by atoms with Crippen LogP contribution in [0.3, 0.4) is 0 Å². The van der Waals surface area contributed by atoms with Crippen LogP contribution < -0.4 is 0 Å². The number of piperazine rings is 1. The van der Waals surface area contributed by atoms with Gasteiger partial charge < -0.3 is 14.7 Å². The zero-order valence-corrected chi connectivity index (χ0v) is 16.3. The first-order chi connectivity index (χ1) is 13.0. The number of amides is 3. The van der Waals surface area contributed by atoms with Gasteiger partial charge >= 0.3 is 0 Å². The van der Waals surface area contributed by atoms with Crippen molar-refractivity contribution in [3.63, 3.8) is 0 Å². The fourth-order valence-corrected chi connectivity index (χ4v) is 4.04. The number of hydrogen-bond acceptors (Lipinski definition) is 3. The minimum absolute atomic E-state index is 0.0160. The second kappa shape index (κ2) is 8.55. The summed E-state index contributed by atoms with van der Waals surface area (Å²) in [6, 6.07) is 9.29. The molecular weight excluding hydrogens is 342 g/mol. The van der Waals surface area contributed by atoms with Gasteiger partial charge in [-0.15, -0.1) is 0 Å². The third kappa shape index (κ3) is 4.49. The first kappa shape index (κ1) is 19.4. The smallest absolute Gasteiger partial charge is 0.245 e. The summed E-state index contributed by atoms with van der Waals surface area (Å²) in [6.45, 7) is 2.14. The van der Waals surface area contributed by atoms with Crippen molar-refractivity contribution in [2.45, 2.75) is 57.7 Å². The highest BCUT2D eigenvalue weighted by atomic mass is 16.2. The standard InChI is InChI=1S/C21H29N3O3/c1-16-21(27)23(13-17-9-5-3-6-10-17)14-20(26)24(16)15-19(25)22(2)18-11-7-4-8-12-18/h3,5-6,9-10,16,18H,4,7-8,11-15H2,1-2H3/t16-/m1/s1. The second-order valence-corrected chi connectivity index (χ2v) is 7.67. The molecule has 1 heterocycles. The van der Waals surface area contributed by atoms with Crippen molar-refractivity contribution in [3.8, 4) is 0 Å². The van der Waals surface area contributed by atoms with Gasteiger partial charge in [-0.05, 0) is 25.3 Å². The van der Waals surface area contributed by atoms with E-state index in [1.165, 1.54) is 11.3 Å². The molecule has 146 valence electrons. The Kier molecular flexibility index (Phi) is 6.14. The first-order valence-electron chi connectivity index (χ1n) is 9.85. The molecule has 6 nitrogen and oxygen atoms in total. The number of nitrogens with zero attached hydrogens (tertiary/aromatic N) is 3. The summed E-state index contributed by atoms with van der Waals surface area (Å²) < 4.78 is 0. The van der Waals surface area contributed by atoms with Crippen LogP contribution in [0.15, 0.2) is 30.3 Å². The van der Waals surface area contributed by atoms with Gasteiger partial charge in [0.2, 0.25) is 17.7 Å². The molecule has 3 amide bonds. The van der Waals surface area contributed by atoms with Crippen LogP contribution in [0.5, 0.6) is 0 Å². The largest absolute Gasteiger partial charge is 0.341 e. The summed E-state index contributed by atoms with van der Waals surface area (Å²) >= 11 is 0. The van der Waals surface area contributed by atoms with Crippen molar-refractivity contribution in [3.05, 3.63) is 35.9 Å². The fourth-order valence-electron chi connectivity index (χ4n) is 4.04. The molecule has 0 spiro atoms. The van der Waals surface area contributed by atoms with Crippen LogP contribution in [-0.4, -0.2) is 64.6 Å². The summed E-state index contributed by atoms with van der Waals surface area (Å²) in [7, 11) is 1.82. The van der Waals surface area contributed by atoms with Crippen molar-refractivity contribution >= 4 is 17.7 Å². The molecule has 0 unspecified atom stereocenters. The Balaban J connectivity index is 1.61. The predicted octanol–water partition coefficient (Wildman–Crippen LogP) is 2.04. The monoisotopic (exact) mass is 371 g/mol. The van der Waals surface area contributed by atoms with Gasteiger partial charge in [0.15, 0.2) is 0 Å². The molecule has 1 aromatic carbocycles. The van der Waals surface area contributed by atoms with E-state index in [1.54, 1.807) is 16.7 Å². The van der Waals surface area contributed by atoms with Crippen molar-refractivity contribution in [2.75, 3.05) is 20.1 Å². The molecule has 1 aliphatic carbocycles. The lowest BCUT2D eigenvalue weighted by molar-refractivity contribution is -0.158. The van der Waals surface area contributed by atoms with E-state index >= 15 is 0 Å². The first-order valence-corrected chi connectivity index (χ1v) is 9.85. The molecule has 1 atom stereocenters. The third-order valence-electron chi connectivity index (χ3n) is 5.82. The summed E-state index contributed by atoms with van der Waals surface area (Å²) in [5.74, 6) is -0.346. The maximum atomic E-state index is 12.7. The Hall–Kier alpha value is -2.37. The number of hydrogen-bond donors (Lipinski definition) is 0. The van der Waals surface area contributed by atoms with Crippen molar-refractivity contribution in [1.29, 1.82) is 0 Å². The number of benzene rings is 1.